The highest BCUT2D eigenvalue weighted by Crippen LogP contribution is 2.25. The maximum absolute atomic E-state index is 5.58. The summed E-state index contributed by atoms with van der Waals surface area (Å²) in [5.41, 5.74) is 7.77. The zero-order valence-corrected chi connectivity index (χ0v) is 11.6. The molecular weight excluding hydrogens is 238 g/mol. The first kappa shape index (κ1) is 13.5. The van der Waals surface area contributed by atoms with Gasteiger partial charge in [-0.3, -0.25) is 0 Å². The Hall–Kier alpha value is -1.94. The van der Waals surface area contributed by atoms with E-state index in [1.807, 2.05) is 12.1 Å². The Kier molecular flexibility index (Phi) is 3.81. The Balaban J connectivity index is 2.10. The second kappa shape index (κ2) is 5.36. The van der Waals surface area contributed by atoms with Crippen LogP contribution >= 0.6 is 0 Å². The quantitative estimate of drug-likeness (QED) is 0.918. The summed E-state index contributed by atoms with van der Waals surface area (Å²) in [6.07, 6.45) is 3.34. The van der Waals surface area contributed by atoms with Crippen molar-refractivity contribution >= 4 is 0 Å². The van der Waals surface area contributed by atoms with Gasteiger partial charge in [-0.2, -0.15) is 0 Å². The van der Waals surface area contributed by atoms with Crippen molar-refractivity contribution in [2.24, 2.45) is 5.73 Å². The molecule has 0 radical (unpaired) electrons. The van der Waals surface area contributed by atoms with Gasteiger partial charge >= 0.3 is 6.01 Å². The first-order chi connectivity index (χ1) is 8.99. The van der Waals surface area contributed by atoms with E-state index in [9.17, 15) is 0 Å². The molecule has 0 atom stereocenters. The van der Waals surface area contributed by atoms with Gasteiger partial charge in [0.15, 0.2) is 0 Å². The zero-order valence-electron chi connectivity index (χ0n) is 11.6. The van der Waals surface area contributed by atoms with Crippen LogP contribution in [0.5, 0.6) is 11.8 Å². The average molecular weight is 257 g/mol. The summed E-state index contributed by atoms with van der Waals surface area (Å²) in [6.45, 7) is 6.97. The number of hydrogen-bond acceptors (Lipinski definition) is 4. The van der Waals surface area contributed by atoms with Gasteiger partial charge in [0.05, 0.1) is 0 Å². The molecule has 1 aromatic carbocycles. The molecule has 4 nitrogen and oxygen atoms in total. The van der Waals surface area contributed by atoms with E-state index >= 15 is 0 Å². The maximum Gasteiger partial charge on any atom is 0.321 e. The molecular formula is C15H19N3O. The smallest absolute Gasteiger partial charge is 0.321 e. The van der Waals surface area contributed by atoms with Gasteiger partial charge in [0.2, 0.25) is 0 Å². The number of benzene rings is 1. The van der Waals surface area contributed by atoms with Gasteiger partial charge < -0.3 is 10.5 Å². The predicted molar refractivity (Wildman–Crippen MR) is 75.1 cm³/mol. The lowest BCUT2D eigenvalue weighted by atomic mass is 9.87. The van der Waals surface area contributed by atoms with Crippen molar-refractivity contribution in [1.29, 1.82) is 0 Å². The van der Waals surface area contributed by atoms with Gasteiger partial charge in [0, 0.05) is 24.5 Å². The molecule has 0 aliphatic rings. The van der Waals surface area contributed by atoms with Crippen LogP contribution in [-0.4, -0.2) is 9.97 Å². The van der Waals surface area contributed by atoms with E-state index in [1.54, 1.807) is 12.4 Å². The first-order valence-corrected chi connectivity index (χ1v) is 6.28. The average Bonchev–Trinajstić information content (AvgIpc) is 2.39. The molecule has 1 heterocycles. The fraction of sp³-hybridized carbons (Fsp3) is 0.333. The van der Waals surface area contributed by atoms with E-state index in [1.165, 1.54) is 5.56 Å². The Morgan fingerprint density at radius 3 is 2.11 bits per heavy atom. The third-order valence-corrected chi connectivity index (χ3v) is 2.85. The summed E-state index contributed by atoms with van der Waals surface area (Å²) >= 11 is 0. The SMILES string of the molecule is CC(C)(C)c1ccc(Oc2ncc(CN)cn2)cc1. The van der Waals surface area contributed by atoms with Crippen LogP contribution in [0.25, 0.3) is 0 Å². The number of rotatable bonds is 3. The minimum absolute atomic E-state index is 0.137. The Bertz CT molecular complexity index is 527. The maximum atomic E-state index is 5.58. The third-order valence-electron chi connectivity index (χ3n) is 2.85. The van der Waals surface area contributed by atoms with Crippen LogP contribution in [0, 0.1) is 0 Å². The molecule has 1 aromatic heterocycles. The molecule has 4 heteroatoms. The van der Waals surface area contributed by atoms with Crippen LogP contribution in [0.3, 0.4) is 0 Å². The fourth-order valence-corrected chi connectivity index (χ4v) is 1.63. The Morgan fingerprint density at radius 2 is 1.63 bits per heavy atom. The van der Waals surface area contributed by atoms with E-state index < -0.39 is 0 Å². The minimum Gasteiger partial charge on any atom is -0.424 e. The standard InChI is InChI=1S/C15H19N3O/c1-15(2,3)12-4-6-13(7-5-12)19-14-17-9-11(8-16)10-18-14/h4-7,9-10H,8,16H2,1-3H3. The third kappa shape index (κ3) is 3.51. The molecule has 2 rings (SSSR count). The lowest BCUT2D eigenvalue weighted by Crippen LogP contribution is -2.10. The van der Waals surface area contributed by atoms with E-state index in [-0.39, 0.29) is 5.41 Å². The monoisotopic (exact) mass is 257 g/mol. The predicted octanol–water partition coefficient (Wildman–Crippen LogP) is 3.03. The molecule has 0 spiro atoms. The van der Waals surface area contributed by atoms with Gasteiger partial charge in [-0.25, -0.2) is 9.97 Å². The van der Waals surface area contributed by atoms with Crippen molar-refractivity contribution in [2.45, 2.75) is 32.7 Å². The second-order valence-corrected chi connectivity index (χ2v) is 5.45. The normalized spacial score (nSPS) is 11.4. The highest BCUT2D eigenvalue weighted by molar-refractivity contribution is 5.32. The van der Waals surface area contributed by atoms with Gasteiger partial charge in [-0.15, -0.1) is 0 Å². The lowest BCUT2D eigenvalue weighted by molar-refractivity contribution is 0.440. The van der Waals surface area contributed by atoms with Crippen LogP contribution in [0.1, 0.15) is 31.9 Å². The van der Waals surface area contributed by atoms with Crippen LogP contribution in [0.4, 0.5) is 0 Å². The molecule has 100 valence electrons. The fourth-order valence-electron chi connectivity index (χ4n) is 1.63. The topological polar surface area (TPSA) is 61.0 Å². The molecule has 0 saturated carbocycles. The van der Waals surface area contributed by atoms with Crippen molar-refractivity contribution < 1.29 is 4.74 Å². The first-order valence-electron chi connectivity index (χ1n) is 6.28. The molecule has 19 heavy (non-hydrogen) atoms. The highest BCUT2D eigenvalue weighted by Gasteiger charge is 2.13. The number of aromatic nitrogens is 2. The number of nitrogens with two attached hydrogens (primary N) is 1. The summed E-state index contributed by atoms with van der Waals surface area (Å²) in [5, 5.41) is 0. The minimum atomic E-state index is 0.137. The summed E-state index contributed by atoms with van der Waals surface area (Å²) in [7, 11) is 0. The number of nitrogens with zero attached hydrogens (tertiary/aromatic N) is 2. The summed E-state index contributed by atoms with van der Waals surface area (Å²) in [5.74, 6) is 0.730. The van der Waals surface area contributed by atoms with Gasteiger partial charge in [-0.1, -0.05) is 32.9 Å². The van der Waals surface area contributed by atoms with E-state index in [2.05, 4.69) is 42.9 Å². The molecule has 0 aliphatic heterocycles. The van der Waals surface area contributed by atoms with Crippen molar-refractivity contribution in [2.75, 3.05) is 0 Å². The molecule has 0 saturated heterocycles. The Labute approximate surface area is 113 Å². The molecule has 2 aromatic rings. The van der Waals surface area contributed by atoms with E-state index in [4.69, 9.17) is 10.5 Å². The Morgan fingerprint density at radius 1 is 1.05 bits per heavy atom. The van der Waals surface area contributed by atoms with Crippen LogP contribution < -0.4 is 10.5 Å². The van der Waals surface area contributed by atoms with Crippen molar-refractivity contribution in [1.82, 2.24) is 9.97 Å². The molecule has 0 aliphatic carbocycles. The van der Waals surface area contributed by atoms with Crippen molar-refractivity contribution in [3.63, 3.8) is 0 Å². The van der Waals surface area contributed by atoms with E-state index in [0.717, 1.165) is 11.3 Å². The van der Waals surface area contributed by atoms with E-state index in [0.29, 0.717) is 12.6 Å². The molecule has 0 fully saturated rings. The summed E-state index contributed by atoms with van der Waals surface area (Å²) in [4.78, 5) is 8.21. The number of ether oxygens (including phenoxy) is 1. The van der Waals surface area contributed by atoms with Crippen molar-refractivity contribution in [3.8, 4) is 11.8 Å². The van der Waals surface area contributed by atoms with Crippen LogP contribution in [-0.2, 0) is 12.0 Å². The molecule has 0 bridgehead atoms. The number of hydrogen-bond donors (Lipinski definition) is 1. The van der Waals surface area contributed by atoms with Gasteiger partial charge in [0.25, 0.3) is 0 Å². The summed E-state index contributed by atoms with van der Waals surface area (Å²) in [6, 6.07) is 8.31. The van der Waals surface area contributed by atoms with Crippen molar-refractivity contribution in [3.05, 3.63) is 47.8 Å². The largest absolute Gasteiger partial charge is 0.424 e. The van der Waals surface area contributed by atoms with Crippen LogP contribution in [0.2, 0.25) is 0 Å². The second-order valence-electron chi connectivity index (χ2n) is 5.45. The van der Waals surface area contributed by atoms with Crippen LogP contribution in [0.15, 0.2) is 36.7 Å². The van der Waals surface area contributed by atoms with Gasteiger partial charge in [0.1, 0.15) is 5.75 Å². The zero-order chi connectivity index (χ0) is 13.9. The van der Waals surface area contributed by atoms with Gasteiger partial charge in [-0.05, 0) is 23.1 Å². The highest BCUT2D eigenvalue weighted by atomic mass is 16.5. The molecule has 0 unspecified atom stereocenters. The molecule has 2 N–H and O–H groups in total. The summed E-state index contributed by atoms with van der Waals surface area (Å²) < 4.78 is 5.58. The lowest BCUT2D eigenvalue weighted by Gasteiger charge is -2.18. The molecule has 0 amide bonds.